The molecule has 1 saturated heterocycles. The van der Waals surface area contributed by atoms with Gasteiger partial charge in [-0.3, -0.25) is 9.59 Å². The van der Waals surface area contributed by atoms with Crippen molar-refractivity contribution in [2.75, 3.05) is 13.1 Å². The molecule has 1 aromatic carbocycles. The molecule has 1 heterocycles. The monoisotopic (exact) mass is 268 g/mol. The summed E-state index contributed by atoms with van der Waals surface area (Å²) in [7, 11) is 0. The highest BCUT2D eigenvalue weighted by Crippen LogP contribution is 2.21. The van der Waals surface area contributed by atoms with Crippen molar-refractivity contribution in [2.45, 2.75) is 12.8 Å². The first-order valence-electron chi connectivity index (χ1n) is 6.03. The van der Waals surface area contributed by atoms with Gasteiger partial charge in [-0.15, -0.1) is 0 Å². The van der Waals surface area contributed by atoms with Crippen LogP contribution >= 0.6 is 0 Å². The van der Waals surface area contributed by atoms with Crippen LogP contribution in [0, 0.1) is 17.6 Å². The molecule has 1 unspecified atom stereocenters. The van der Waals surface area contributed by atoms with Gasteiger partial charge in [-0.2, -0.15) is 0 Å². The molecule has 0 aliphatic carbocycles. The fourth-order valence-electron chi connectivity index (χ4n) is 2.25. The highest BCUT2D eigenvalue weighted by Gasteiger charge is 2.30. The van der Waals surface area contributed by atoms with Crippen molar-refractivity contribution in [3.05, 3.63) is 35.4 Å². The highest BCUT2D eigenvalue weighted by molar-refractivity contribution is 5.95. The number of nitrogens with two attached hydrogens (primary N) is 1. The van der Waals surface area contributed by atoms with Crippen LogP contribution < -0.4 is 5.73 Å². The van der Waals surface area contributed by atoms with E-state index < -0.39 is 34.9 Å². The van der Waals surface area contributed by atoms with Crippen LogP contribution in [0.4, 0.5) is 8.78 Å². The van der Waals surface area contributed by atoms with Crippen LogP contribution in [0.3, 0.4) is 0 Å². The van der Waals surface area contributed by atoms with Crippen molar-refractivity contribution in [1.29, 1.82) is 0 Å². The van der Waals surface area contributed by atoms with E-state index in [0.29, 0.717) is 19.4 Å². The number of primary amides is 1. The van der Waals surface area contributed by atoms with E-state index in [0.717, 1.165) is 12.1 Å². The van der Waals surface area contributed by atoms with Gasteiger partial charge >= 0.3 is 0 Å². The van der Waals surface area contributed by atoms with Gasteiger partial charge in [0.25, 0.3) is 5.91 Å². The van der Waals surface area contributed by atoms with E-state index in [-0.39, 0.29) is 6.54 Å². The lowest BCUT2D eigenvalue weighted by Crippen LogP contribution is -2.44. The fraction of sp³-hybridized carbons (Fsp3) is 0.385. The Labute approximate surface area is 109 Å². The molecule has 6 heteroatoms. The third-order valence-corrected chi connectivity index (χ3v) is 3.29. The SMILES string of the molecule is NC(=O)C1CCCN(C(=O)c2c(F)cccc2F)C1. The molecule has 1 atom stereocenters. The molecule has 102 valence electrons. The van der Waals surface area contributed by atoms with E-state index in [1.54, 1.807) is 0 Å². The van der Waals surface area contributed by atoms with E-state index in [2.05, 4.69) is 0 Å². The molecule has 1 fully saturated rings. The Hall–Kier alpha value is -1.98. The molecule has 1 aromatic rings. The summed E-state index contributed by atoms with van der Waals surface area (Å²) in [6.45, 7) is 0.484. The second-order valence-electron chi connectivity index (χ2n) is 4.59. The molecule has 1 aliphatic heterocycles. The van der Waals surface area contributed by atoms with Crippen LogP contribution in [0.2, 0.25) is 0 Å². The zero-order chi connectivity index (χ0) is 14.0. The van der Waals surface area contributed by atoms with Crippen molar-refractivity contribution >= 4 is 11.8 Å². The lowest BCUT2D eigenvalue weighted by atomic mass is 9.97. The maximum atomic E-state index is 13.5. The quantitative estimate of drug-likeness (QED) is 0.878. The third-order valence-electron chi connectivity index (χ3n) is 3.29. The molecule has 0 spiro atoms. The minimum atomic E-state index is -0.897. The number of hydrogen-bond acceptors (Lipinski definition) is 2. The van der Waals surface area contributed by atoms with Crippen LogP contribution in [0.1, 0.15) is 23.2 Å². The summed E-state index contributed by atoms with van der Waals surface area (Å²) in [6.07, 6.45) is 1.19. The van der Waals surface area contributed by atoms with Gasteiger partial charge in [0.2, 0.25) is 5.91 Å². The first-order chi connectivity index (χ1) is 9.00. The van der Waals surface area contributed by atoms with E-state index >= 15 is 0 Å². The number of piperidine rings is 1. The topological polar surface area (TPSA) is 63.4 Å². The molecular weight excluding hydrogens is 254 g/mol. The Balaban J connectivity index is 2.22. The van der Waals surface area contributed by atoms with E-state index in [9.17, 15) is 18.4 Å². The largest absolute Gasteiger partial charge is 0.369 e. The van der Waals surface area contributed by atoms with E-state index in [1.165, 1.54) is 11.0 Å². The van der Waals surface area contributed by atoms with Crippen molar-refractivity contribution < 1.29 is 18.4 Å². The summed E-state index contributed by atoms with van der Waals surface area (Å²) >= 11 is 0. The van der Waals surface area contributed by atoms with Crippen molar-refractivity contribution in [3.8, 4) is 0 Å². The second-order valence-corrected chi connectivity index (χ2v) is 4.59. The number of rotatable bonds is 2. The van der Waals surface area contributed by atoms with Gasteiger partial charge in [0.15, 0.2) is 0 Å². The number of amides is 2. The van der Waals surface area contributed by atoms with Crippen molar-refractivity contribution in [3.63, 3.8) is 0 Å². The first-order valence-corrected chi connectivity index (χ1v) is 6.03. The molecule has 1 aliphatic rings. The molecule has 4 nitrogen and oxygen atoms in total. The fourth-order valence-corrected chi connectivity index (χ4v) is 2.25. The van der Waals surface area contributed by atoms with Crippen LogP contribution in [0.25, 0.3) is 0 Å². The molecule has 2 N–H and O–H groups in total. The average molecular weight is 268 g/mol. The summed E-state index contributed by atoms with van der Waals surface area (Å²) in [5.74, 6) is -3.47. The first kappa shape index (κ1) is 13.5. The average Bonchev–Trinajstić information content (AvgIpc) is 2.38. The summed E-state index contributed by atoms with van der Waals surface area (Å²) in [5, 5.41) is 0. The molecular formula is C13H14F2N2O2. The predicted molar refractivity (Wildman–Crippen MR) is 64.2 cm³/mol. The Morgan fingerprint density at radius 3 is 2.47 bits per heavy atom. The van der Waals surface area contributed by atoms with Crippen LogP contribution in [-0.4, -0.2) is 29.8 Å². The molecule has 2 amide bonds. The van der Waals surface area contributed by atoms with E-state index in [4.69, 9.17) is 5.73 Å². The minimum Gasteiger partial charge on any atom is -0.369 e. The van der Waals surface area contributed by atoms with Crippen LogP contribution in [0.15, 0.2) is 18.2 Å². The molecule has 2 rings (SSSR count). The normalized spacial score (nSPS) is 19.3. The number of likely N-dealkylation sites (tertiary alicyclic amines) is 1. The Bertz CT molecular complexity index is 499. The minimum absolute atomic E-state index is 0.113. The van der Waals surface area contributed by atoms with Gasteiger partial charge < -0.3 is 10.6 Å². The summed E-state index contributed by atoms with van der Waals surface area (Å²) in [6, 6.07) is 3.27. The Morgan fingerprint density at radius 2 is 1.89 bits per heavy atom. The third kappa shape index (κ3) is 2.72. The lowest BCUT2D eigenvalue weighted by molar-refractivity contribution is -0.123. The zero-order valence-electron chi connectivity index (χ0n) is 10.2. The molecule has 0 bridgehead atoms. The van der Waals surface area contributed by atoms with Gasteiger partial charge in [-0.25, -0.2) is 8.78 Å². The summed E-state index contributed by atoms with van der Waals surface area (Å²) in [5.41, 5.74) is 4.63. The number of halogens is 2. The van der Waals surface area contributed by atoms with Crippen molar-refractivity contribution in [2.24, 2.45) is 11.7 Å². The number of benzene rings is 1. The maximum absolute atomic E-state index is 13.5. The second kappa shape index (κ2) is 5.34. The van der Waals surface area contributed by atoms with Crippen LogP contribution in [0.5, 0.6) is 0 Å². The van der Waals surface area contributed by atoms with Gasteiger partial charge in [-0.05, 0) is 25.0 Å². The van der Waals surface area contributed by atoms with Gasteiger partial charge in [0, 0.05) is 13.1 Å². The predicted octanol–water partition coefficient (Wildman–Crippen LogP) is 1.30. The number of carbonyl (C=O) groups is 2. The molecule has 0 aromatic heterocycles. The lowest BCUT2D eigenvalue weighted by Gasteiger charge is -2.31. The number of carbonyl (C=O) groups excluding carboxylic acids is 2. The number of nitrogens with zero attached hydrogens (tertiary/aromatic N) is 1. The zero-order valence-corrected chi connectivity index (χ0v) is 10.2. The highest BCUT2D eigenvalue weighted by atomic mass is 19.1. The van der Waals surface area contributed by atoms with Gasteiger partial charge in [0.1, 0.15) is 17.2 Å². The Kier molecular flexibility index (Phi) is 3.78. The van der Waals surface area contributed by atoms with Crippen LogP contribution in [-0.2, 0) is 4.79 Å². The molecule has 19 heavy (non-hydrogen) atoms. The van der Waals surface area contributed by atoms with Gasteiger partial charge in [0.05, 0.1) is 5.92 Å². The standard InChI is InChI=1S/C13H14F2N2O2/c14-9-4-1-5-10(15)11(9)13(19)17-6-2-3-8(7-17)12(16)18/h1,4-5,8H,2-3,6-7H2,(H2,16,18). The summed E-state index contributed by atoms with van der Waals surface area (Å²) in [4.78, 5) is 24.5. The number of hydrogen-bond donors (Lipinski definition) is 1. The smallest absolute Gasteiger partial charge is 0.259 e. The van der Waals surface area contributed by atoms with E-state index in [1.807, 2.05) is 0 Å². The summed E-state index contributed by atoms with van der Waals surface area (Å²) < 4.78 is 27.1. The Morgan fingerprint density at radius 1 is 1.26 bits per heavy atom. The maximum Gasteiger partial charge on any atom is 0.259 e. The van der Waals surface area contributed by atoms with Crippen molar-refractivity contribution in [1.82, 2.24) is 4.90 Å². The van der Waals surface area contributed by atoms with Gasteiger partial charge in [-0.1, -0.05) is 6.07 Å². The molecule has 0 saturated carbocycles. The molecule has 0 radical (unpaired) electrons.